The minimum atomic E-state index is -1.15. The van der Waals surface area contributed by atoms with Gasteiger partial charge >= 0.3 is 5.97 Å². The van der Waals surface area contributed by atoms with Crippen molar-refractivity contribution in [2.45, 2.75) is 6.92 Å². The van der Waals surface area contributed by atoms with Crippen LogP contribution in [0.1, 0.15) is 21.7 Å². The number of nitrogens with zero attached hydrogens (tertiary/aromatic N) is 2. The van der Waals surface area contributed by atoms with E-state index in [0.717, 1.165) is 5.56 Å². The summed E-state index contributed by atoms with van der Waals surface area (Å²) in [5.74, 6) is -0.439. The number of anilines is 1. The molecule has 0 fully saturated rings. The fraction of sp³-hybridized carbons (Fsp3) is 0.0526. The van der Waals surface area contributed by atoms with Crippen molar-refractivity contribution in [3.63, 3.8) is 0 Å². The van der Waals surface area contributed by atoms with E-state index in [2.05, 4.69) is 10.5 Å². The second-order valence-electron chi connectivity index (χ2n) is 5.85. The van der Waals surface area contributed by atoms with Gasteiger partial charge in [0.25, 0.3) is 5.69 Å². The van der Waals surface area contributed by atoms with E-state index >= 15 is 0 Å². The third-order valence-electron chi connectivity index (χ3n) is 3.82. The Morgan fingerprint density at radius 3 is 2.75 bits per heavy atom. The summed E-state index contributed by atoms with van der Waals surface area (Å²) in [4.78, 5) is 21.9. The average molecular weight is 400 g/mol. The highest BCUT2D eigenvalue weighted by Crippen LogP contribution is 2.31. The van der Waals surface area contributed by atoms with Crippen LogP contribution in [0.3, 0.4) is 0 Å². The number of furan rings is 1. The molecule has 0 bridgehead atoms. The maximum atomic E-state index is 11.3. The number of benzene rings is 2. The number of aryl methyl sites for hydroxylation is 1. The van der Waals surface area contributed by atoms with Crippen LogP contribution in [0.4, 0.5) is 11.4 Å². The molecule has 1 heterocycles. The largest absolute Gasteiger partial charge is 0.478 e. The smallest absolute Gasteiger partial charge is 0.337 e. The summed E-state index contributed by atoms with van der Waals surface area (Å²) in [6.45, 7) is 1.77. The number of hydrogen-bond acceptors (Lipinski definition) is 6. The van der Waals surface area contributed by atoms with Crippen LogP contribution in [0, 0.1) is 17.0 Å². The third-order valence-corrected chi connectivity index (χ3v) is 4.15. The molecule has 1 aromatic heterocycles. The van der Waals surface area contributed by atoms with E-state index in [-0.39, 0.29) is 16.3 Å². The zero-order valence-electron chi connectivity index (χ0n) is 14.5. The molecule has 0 radical (unpaired) electrons. The summed E-state index contributed by atoms with van der Waals surface area (Å²) in [7, 11) is 0. The first-order valence-electron chi connectivity index (χ1n) is 8.02. The molecule has 9 heteroatoms. The number of carbonyl (C=O) groups is 1. The first-order chi connectivity index (χ1) is 13.3. The van der Waals surface area contributed by atoms with Crippen LogP contribution in [0.5, 0.6) is 0 Å². The highest BCUT2D eigenvalue weighted by molar-refractivity contribution is 6.33. The summed E-state index contributed by atoms with van der Waals surface area (Å²) in [5, 5.41) is 24.4. The van der Waals surface area contributed by atoms with Crippen molar-refractivity contribution in [3.05, 3.63) is 80.6 Å². The van der Waals surface area contributed by atoms with Crippen molar-refractivity contribution < 1.29 is 19.2 Å². The molecule has 0 unspecified atom stereocenters. The van der Waals surface area contributed by atoms with Crippen molar-refractivity contribution in [2.24, 2.45) is 5.10 Å². The van der Waals surface area contributed by atoms with E-state index < -0.39 is 10.9 Å². The van der Waals surface area contributed by atoms with Crippen LogP contribution in [-0.2, 0) is 0 Å². The maximum absolute atomic E-state index is 11.3. The number of carboxylic acid groups (broad SMARTS) is 1. The topological polar surface area (TPSA) is 118 Å². The minimum absolute atomic E-state index is 0.0432. The highest BCUT2D eigenvalue weighted by atomic mass is 35.5. The number of halogens is 1. The molecule has 0 amide bonds. The maximum Gasteiger partial charge on any atom is 0.337 e. The second kappa shape index (κ2) is 7.93. The third kappa shape index (κ3) is 4.18. The van der Waals surface area contributed by atoms with Gasteiger partial charge in [-0.2, -0.15) is 5.10 Å². The van der Waals surface area contributed by atoms with Gasteiger partial charge in [-0.1, -0.05) is 17.7 Å². The van der Waals surface area contributed by atoms with E-state index in [0.29, 0.717) is 22.8 Å². The fourth-order valence-corrected chi connectivity index (χ4v) is 2.70. The molecule has 0 aliphatic rings. The number of nitro groups is 1. The minimum Gasteiger partial charge on any atom is -0.478 e. The van der Waals surface area contributed by atoms with Gasteiger partial charge in [0.05, 0.1) is 33.0 Å². The summed E-state index contributed by atoms with van der Waals surface area (Å²) in [5.41, 5.74) is 4.16. The Hall–Kier alpha value is -3.65. The second-order valence-corrected chi connectivity index (χ2v) is 6.26. The number of nitro benzene ring substituents is 1. The molecule has 0 saturated heterocycles. The molecule has 3 rings (SSSR count). The first kappa shape index (κ1) is 19.1. The van der Waals surface area contributed by atoms with E-state index in [1.165, 1.54) is 24.4 Å². The molecule has 28 heavy (non-hydrogen) atoms. The Morgan fingerprint density at radius 2 is 2.04 bits per heavy atom. The van der Waals surface area contributed by atoms with E-state index in [9.17, 15) is 14.9 Å². The van der Waals surface area contributed by atoms with Gasteiger partial charge in [0.2, 0.25) is 0 Å². The van der Waals surface area contributed by atoms with Crippen molar-refractivity contribution in [3.8, 4) is 11.3 Å². The normalized spacial score (nSPS) is 10.9. The lowest BCUT2D eigenvalue weighted by atomic mass is 10.1. The quantitative estimate of drug-likeness (QED) is 0.343. The lowest BCUT2D eigenvalue weighted by Crippen LogP contribution is -1.99. The van der Waals surface area contributed by atoms with Gasteiger partial charge in [0.1, 0.15) is 11.5 Å². The number of hydrogen-bond donors (Lipinski definition) is 2. The summed E-state index contributed by atoms with van der Waals surface area (Å²) >= 11 is 5.82. The molecule has 0 aliphatic carbocycles. The van der Waals surface area contributed by atoms with Crippen LogP contribution in [-0.4, -0.2) is 22.2 Å². The van der Waals surface area contributed by atoms with Gasteiger partial charge in [-0.3, -0.25) is 15.5 Å². The predicted molar refractivity (Wildman–Crippen MR) is 105 cm³/mol. The fourth-order valence-electron chi connectivity index (χ4n) is 2.50. The van der Waals surface area contributed by atoms with Gasteiger partial charge in [0.15, 0.2) is 0 Å². The van der Waals surface area contributed by atoms with Crippen molar-refractivity contribution in [1.29, 1.82) is 0 Å². The molecule has 0 saturated carbocycles. The average Bonchev–Trinajstić information content (AvgIpc) is 3.11. The number of carboxylic acids is 1. The Labute approximate surface area is 164 Å². The number of hydrazone groups is 1. The van der Waals surface area contributed by atoms with Crippen LogP contribution >= 0.6 is 11.6 Å². The number of rotatable bonds is 6. The standard InChI is InChI=1S/C19H14ClN3O5/c1-11-2-5-14(17(8-11)23(26)27)18-7-4-13(28-18)10-21-22-12-3-6-16(20)15(9-12)19(24)25/h2-10,22H,1H3,(H,24,25)/b21-10+. The van der Waals surface area contributed by atoms with Gasteiger partial charge in [-0.15, -0.1) is 0 Å². The lowest BCUT2D eigenvalue weighted by Gasteiger charge is -2.03. The number of aromatic carboxylic acids is 1. The molecule has 3 aromatic rings. The van der Waals surface area contributed by atoms with Gasteiger partial charge in [-0.05, 0) is 48.9 Å². The van der Waals surface area contributed by atoms with E-state index in [1.54, 1.807) is 37.3 Å². The SMILES string of the molecule is Cc1ccc(-c2ccc(/C=N/Nc3ccc(Cl)c(C(=O)O)c3)o2)c([N+](=O)[O-])c1. The Kier molecular flexibility index (Phi) is 5.42. The Bertz CT molecular complexity index is 1090. The Morgan fingerprint density at radius 1 is 1.25 bits per heavy atom. The first-order valence-corrected chi connectivity index (χ1v) is 8.40. The van der Waals surface area contributed by atoms with Crippen LogP contribution < -0.4 is 5.43 Å². The molecule has 142 valence electrons. The molecular weight excluding hydrogens is 386 g/mol. The number of nitrogens with one attached hydrogen (secondary N) is 1. The Balaban J connectivity index is 1.78. The molecule has 2 N–H and O–H groups in total. The van der Waals surface area contributed by atoms with Crippen LogP contribution in [0.15, 0.2) is 58.0 Å². The van der Waals surface area contributed by atoms with Crippen molar-refractivity contribution in [2.75, 3.05) is 5.43 Å². The van der Waals surface area contributed by atoms with Gasteiger partial charge < -0.3 is 9.52 Å². The lowest BCUT2D eigenvalue weighted by molar-refractivity contribution is -0.384. The molecule has 8 nitrogen and oxygen atoms in total. The van der Waals surface area contributed by atoms with Crippen LogP contribution in [0.2, 0.25) is 5.02 Å². The molecule has 0 atom stereocenters. The predicted octanol–water partition coefficient (Wildman–Crippen LogP) is 4.96. The summed E-state index contributed by atoms with van der Waals surface area (Å²) < 4.78 is 5.61. The summed E-state index contributed by atoms with van der Waals surface area (Å²) in [6.07, 6.45) is 1.37. The van der Waals surface area contributed by atoms with Gasteiger partial charge in [-0.25, -0.2) is 4.79 Å². The summed E-state index contributed by atoms with van der Waals surface area (Å²) in [6, 6.07) is 12.5. The molecule has 2 aromatic carbocycles. The van der Waals surface area contributed by atoms with E-state index in [1.807, 2.05) is 0 Å². The molecule has 0 spiro atoms. The van der Waals surface area contributed by atoms with Crippen molar-refractivity contribution in [1.82, 2.24) is 0 Å². The molecule has 0 aliphatic heterocycles. The zero-order valence-corrected chi connectivity index (χ0v) is 15.3. The molecular formula is C19H14ClN3O5. The van der Waals surface area contributed by atoms with Gasteiger partial charge in [0, 0.05) is 6.07 Å². The van der Waals surface area contributed by atoms with E-state index in [4.69, 9.17) is 21.1 Å². The van der Waals surface area contributed by atoms with Crippen LogP contribution in [0.25, 0.3) is 11.3 Å². The van der Waals surface area contributed by atoms with Crippen molar-refractivity contribution >= 4 is 35.2 Å². The highest BCUT2D eigenvalue weighted by Gasteiger charge is 2.18. The monoisotopic (exact) mass is 399 g/mol. The zero-order chi connectivity index (χ0) is 20.3.